The Bertz CT molecular complexity index is 839. The van der Waals surface area contributed by atoms with Crippen LogP contribution in [0.4, 0.5) is 0 Å². The SMILES string of the molecule is CNC(=O)C(C)Sc1nc2ccccc2c(=O)n1CCN(C(C)C)C(C)C. The van der Waals surface area contributed by atoms with Gasteiger partial charge in [-0.25, -0.2) is 4.98 Å². The summed E-state index contributed by atoms with van der Waals surface area (Å²) in [4.78, 5) is 32.1. The molecule has 0 saturated carbocycles. The summed E-state index contributed by atoms with van der Waals surface area (Å²) in [6.45, 7) is 11.7. The second-order valence-electron chi connectivity index (χ2n) is 7.17. The summed E-state index contributed by atoms with van der Waals surface area (Å²) < 4.78 is 1.71. The molecular formula is C20H30N4O2S. The van der Waals surface area contributed by atoms with Crippen LogP contribution in [-0.4, -0.2) is 51.3 Å². The highest BCUT2D eigenvalue weighted by molar-refractivity contribution is 8.00. The maximum atomic E-state index is 13.1. The molecule has 6 nitrogen and oxygen atoms in total. The number of hydrogen-bond acceptors (Lipinski definition) is 5. The summed E-state index contributed by atoms with van der Waals surface area (Å²) in [7, 11) is 1.61. The summed E-state index contributed by atoms with van der Waals surface area (Å²) in [5.41, 5.74) is 0.606. The fourth-order valence-corrected chi connectivity index (χ4v) is 4.17. The van der Waals surface area contributed by atoms with Gasteiger partial charge in [0.2, 0.25) is 5.91 Å². The van der Waals surface area contributed by atoms with Crippen molar-refractivity contribution in [2.24, 2.45) is 0 Å². The first-order valence-electron chi connectivity index (χ1n) is 9.39. The molecule has 1 heterocycles. The molecule has 0 fully saturated rings. The van der Waals surface area contributed by atoms with Gasteiger partial charge in [-0.05, 0) is 46.8 Å². The molecule has 1 atom stereocenters. The number of benzene rings is 1. The van der Waals surface area contributed by atoms with Gasteiger partial charge in [0.15, 0.2) is 5.16 Å². The minimum atomic E-state index is -0.333. The normalized spacial score (nSPS) is 12.9. The lowest BCUT2D eigenvalue weighted by molar-refractivity contribution is -0.119. The fourth-order valence-electron chi connectivity index (χ4n) is 3.18. The van der Waals surface area contributed by atoms with Gasteiger partial charge in [-0.1, -0.05) is 23.9 Å². The lowest BCUT2D eigenvalue weighted by atomic mass is 10.2. The highest BCUT2D eigenvalue weighted by atomic mass is 32.2. The minimum absolute atomic E-state index is 0.0559. The number of para-hydroxylation sites is 1. The maximum absolute atomic E-state index is 13.1. The van der Waals surface area contributed by atoms with E-state index in [0.717, 1.165) is 6.54 Å². The third-order valence-electron chi connectivity index (χ3n) is 4.63. The number of aromatic nitrogens is 2. The largest absolute Gasteiger partial charge is 0.358 e. The molecule has 1 unspecified atom stereocenters. The number of amides is 1. The predicted octanol–water partition coefficient (Wildman–Crippen LogP) is 2.74. The van der Waals surface area contributed by atoms with Crippen molar-refractivity contribution >= 4 is 28.6 Å². The molecule has 2 rings (SSSR count). The first-order valence-corrected chi connectivity index (χ1v) is 10.3. The van der Waals surface area contributed by atoms with E-state index >= 15 is 0 Å². The molecule has 0 aliphatic carbocycles. The third-order valence-corrected chi connectivity index (χ3v) is 5.72. The molecule has 1 N–H and O–H groups in total. The van der Waals surface area contributed by atoms with Gasteiger partial charge in [0.25, 0.3) is 5.56 Å². The van der Waals surface area contributed by atoms with E-state index in [0.29, 0.717) is 34.7 Å². The molecule has 0 aliphatic rings. The minimum Gasteiger partial charge on any atom is -0.358 e. The van der Waals surface area contributed by atoms with Gasteiger partial charge < -0.3 is 5.32 Å². The Morgan fingerprint density at radius 2 is 1.81 bits per heavy atom. The van der Waals surface area contributed by atoms with Crippen LogP contribution in [-0.2, 0) is 11.3 Å². The van der Waals surface area contributed by atoms with E-state index in [2.05, 4.69) is 42.9 Å². The van der Waals surface area contributed by atoms with Gasteiger partial charge >= 0.3 is 0 Å². The van der Waals surface area contributed by atoms with Crippen LogP contribution < -0.4 is 10.9 Å². The quantitative estimate of drug-likeness (QED) is 0.554. The van der Waals surface area contributed by atoms with Gasteiger partial charge in [0, 0.05) is 32.2 Å². The summed E-state index contributed by atoms with van der Waals surface area (Å²) in [5, 5.41) is 3.51. The Hall–Kier alpha value is -1.86. The Labute approximate surface area is 165 Å². The van der Waals surface area contributed by atoms with E-state index in [4.69, 9.17) is 0 Å². The van der Waals surface area contributed by atoms with Crippen molar-refractivity contribution < 1.29 is 4.79 Å². The molecule has 1 amide bonds. The van der Waals surface area contributed by atoms with Crippen LogP contribution in [0.5, 0.6) is 0 Å². The number of hydrogen-bond donors (Lipinski definition) is 1. The second-order valence-corrected chi connectivity index (χ2v) is 8.48. The molecule has 7 heteroatoms. The zero-order chi connectivity index (χ0) is 20.1. The van der Waals surface area contributed by atoms with E-state index < -0.39 is 0 Å². The van der Waals surface area contributed by atoms with Crippen molar-refractivity contribution in [3.8, 4) is 0 Å². The van der Waals surface area contributed by atoms with Gasteiger partial charge in [-0.3, -0.25) is 19.1 Å². The molecule has 2 aromatic rings. The highest BCUT2D eigenvalue weighted by Crippen LogP contribution is 2.22. The molecule has 0 spiro atoms. The van der Waals surface area contributed by atoms with Gasteiger partial charge in [0.1, 0.15) is 0 Å². The smallest absolute Gasteiger partial charge is 0.262 e. The van der Waals surface area contributed by atoms with Crippen molar-refractivity contribution in [3.63, 3.8) is 0 Å². The van der Waals surface area contributed by atoms with Crippen LogP contribution in [0.15, 0.2) is 34.2 Å². The topological polar surface area (TPSA) is 67.2 Å². The molecule has 0 radical (unpaired) electrons. The molecular weight excluding hydrogens is 360 g/mol. The van der Waals surface area contributed by atoms with Gasteiger partial charge in [-0.15, -0.1) is 0 Å². The number of thioether (sulfide) groups is 1. The Morgan fingerprint density at radius 1 is 1.19 bits per heavy atom. The van der Waals surface area contributed by atoms with Crippen LogP contribution in [0.1, 0.15) is 34.6 Å². The Morgan fingerprint density at radius 3 is 2.41 bits per heavy atom. The first-order chi connectivity index (χ1) is 12.8. The van der Waals surface area contributed by atoms with Crippen molar-refractivity contribution in [2.45, 2.75) is 63.7 Å². The highest BCUT2D eigenvalue weighted by Gasteiger charge is 2.20. The van der Waals surface area contributed by atoms with E-state index in [1.165, 1.54) is 11.8 Å². The second kappa shape index (κ2) is 9.37. The molecule has 148 valence electrons. The van der Waals surface area contributed by atoms with Gasteiger partial charge in [-0.2, -0.15) is 0 Å². The predicted molar refractivity (Wildman–Crippen MR) is 112 cm³/mol. The molecule has 0 saturated heterocycles. The Balaban J connectivity index is 2.44. The van der Waals surface area contributed by atoms with Gasteiger partial charge in [0.05, 0.1) is 16.2 Å². The van der Waals surface area contributed by atoms with Crippen LogP contribution in [0.25, 0.3) is 10.9 Å². The number of fused-ring (bicyclic) bond motifs is 1. The average Bonchev–Trinajstić information content (AvgIpc) is 2.62. The number of nitrogens with one attached hydrogen (secondary N) is 1. The number of rotatable bonds is 8. The van der Waals surface area contributed by atoms with Crippen molar-refractivity contribution in [1.29, 1.82) is 0 Å². The first kappa shape index (κ1) is 21.4. The molecule has 1 aromatic heterocycles. The van der Waals surface area contributed by atoms with Crippen molar-refractivity contribution in [1.82, 2.24) is 19.8 Å². The lowest BCUT2D eigenvalue weighted by Crippen LogP contribution is -2.40. The summed E-state index contributed by atoms with van der Waals surface area (Å²) in [5.74, 6) is -0.0834. The number of carbonyl (C=O) groups is 1. The number of nitrogens with zero attached hydrogens (tertiary/aromatic N) is 3. The maximum Gasteiger partial charge on any atom is 0.262 e. The summed E-state index contributed by atoms with van der Waals surface area (Å²) in [6, 6.07) is 8.13. The zero-order valence-electron chi connectivity index (χ0n) is 17.0. The van der Waals surface area contributed by atoms with E-state index in [1.807, 2.05) is 25.1 Å². The van der Waals surface area contributed by atoms with E-state index in [9.17, 15) is 9.59 Å². The molecule has 27 heavy (non-hydrogen) atoms. The van der Waals surface area contributed by atoms with E-state index in [1.54, 1.807) is 17.7 Å². The third kappa shape index (κ3) is 5.11. The number of carbonyl (C=O) groups excluding carboxylic acids is 1. The van der Waals surface area contributed by atoms with E-state index in [-0.39, 0.29) is 16.7 Å². The van der Waals surface area contributed by atoms with Crippen molar-refractivity contribution in [3.05, 3.63) is 34.6 Å². The van der Waals surface area contributed by atoms with Crippen LogP contribution in [0.3, 0.4) is 0 Å². The average molecular weight is 391 g/mol. The molecule has 0 bridgehead atoms. The monoisotopic (exact) mass is 390 g/mol. The molecule has 1 aromatic carbocycles. The van der Waals surface area contributed by atoms with Crippen LogP contribution in [0, 0.1) is 0 Å². The summed E-state index contributed by atoms with van der Waals surface area (Å²) in [6.07, 6.45) is 0. The van der Waals surface area contributed by atoms with Crippen molar-refractivity contribution in [2.75, 3.05) is 13.6 Å². The summed E-state index contributed by atoms with van der Waals surface area (Å²) >= 11 is 1.32. The zero-order valence-corrected chi connectivity index (χ0v) is 17.8. The standard InChI is InChI=1S/C20H30N4O2S/c1-13(2)23(14(3)4)11-12-24-19(26)16-9-7-8-10-17(16)22-20(24)27-15(5)18(25)21-6/h7-10,13-15H,11-12H2,1-6H3,(H,21,25). The lowest BCUT2D eigenvalue weighted by Gasteiger charge is -2.31. The molecule has 0 aliphatic heterocycles. The fraction of sp³-hybridized carbons (Fsp3) is 0.550. The van der Waals surface area contributed by atoms with Crippen LogP contribution >= 0.6 is 11.8 Å². The Kier molecular flexibility index (Phi) is 7.44. The van der Waals surface area contributed by atoms with Crippen LogP contribution in [0.2, 0.25) is 0 Å².